The second kappa shape index (κ2) is 4.26. The molecule has 1 heterocycles. The summed E-state index contributed by atoms with van der Waals surface area (Å²) in [5, 5.41) is 0.704. The van der Waals surface area contributed by atoms with E-state index in [0.717, 1.165) is 16.7 Å². The van der Waals surface area contributed by atoms with Crippen molar-refractivity contribution in [2.45, 2.75) is 6.92 Å². The fraction of sp³-hybridized carbons (Fsp3) is 0.0714. The molecule has 0 aliphatic rings. The third kappa shape index (κ3) is 1.76. The molecule has 2 nitrogen and oxygen atoms in total. The van der Waals surface area contributed by atoms with Crippen LogP contribution in [0.15, 0.2) is 42.5 Å². The van der Waals surface area contributed by atoms with Crippen LogP contribution in [0.3, 0.4) is 0 Å². The van der Waals surface area contributed by atoms with Crippen LogP contribution >= 0.6 is 23.8 Å². The van der Waals surface area contributed by atoms with Crippen molar-refractivity contribution in [3.05, 3.63) is 57.8 Å². The third-order valence-corrected chi connectivity index (χ3v) is 3.52. The van der Waals surface area contributed by atoms with Crippen molar-refractivity contribution < 1.29 is 0 Å². The number of fused-ring (bicyclic) bond motifs is 1. The van der Waals surface area contributed by atoms with Gasteiger partial charge in [-0.25, -0.2) is 0 Å². The van der Waals surface area contributed by atoms with Crippen LogP contribution in [0.25, 0.3) is 16.7 Å². The number of para-hydroxylation sites is 1. The zero-order valence-electron chi connectivity index (χ0n) is 9.77. The molecule has 18 heavy (non-hydrogen) atoms. The van der Waals surface area contributed by atoms with Crippen molar-refractivity contribution in [3.8, 4) is 5.69 Å². The first kappa shape index (κ1) is 11.5. The number of nitrogens with zero attached hydrogens (tertiary/aromatic N) is 1. The van der Waals surface area contributed by atoms with E-state index in [9.17, 15) is 0 Å². The number of rotatable bonds is 1. The summed E-state index contributed by atoms with van der Waals surface area (Å²) in [6.07, 6.45) is 0. The first-order valence-corrected chi connectivity index (χ1v) is 6.42. The molecule has 3 rings (SSSR count). The molecule has 0 bridgehead atoms. The lowest BCUT2D eigenvalue weighted by atomic mass is 10.2. The summed E-state index contributed by atoms with van der Waals surface area (Å²) in [5.74, 6) is 0. The molecule has 0 radical (unpaired) electrons. The fourth-order valence-electron chi connectivity index (χ4n) is 2.14. The Kier molecular flexibility index (Phi) is 2.73. The average molecular weight is 275 g/mol. The zero-order chi connectivity index (χ0) is 12.7. The highest BCUT2D eigenvalue weighted by molar-refractivity contribution is 7.71. The van der Waals surface area contributed by atoms with Crippen molar-refractivity contribution in [1.82, 2.24) is 9.55 Å². The fourth-order valence-corrected chi connectivity index (χ4v) is 2.62. The van der Waals surface area contributed by atoms with Gasteiger partial charge in [0.15, 0.2) is 4.77 Å². The number of imidazole rings is 1. The molecule has 4 heteroatoms. The molecule has 3 aromatic rings. The number of hydrogen-bond donors (Lipinski definition) is 1. The topological polar surface area (TPSA) is 20.7 Å². The third-order valence-electron chi connectivity index (χ3n) is 3.00. The lowest BCUT2D eigenvalue weighted by molar-refractivity contribution is 1.05. The summed E-state index contributed by atoms with van der Waals surface area (Å²) in [6.45, 7) is 2.08. The van der Waals surface area contributed by atoms with Gasteiger partial charge in [-0.3, -0.25) is 4.57 Å². The van der Waals surface area contributed by atoms with E-state index in [4.69, 9.17) is 23.8 Å². The van der Waals surface area contributed by atoms with Gasteiger partial charge in [0, 0.05) is 5.02 Å². The van der Waals surface area contributed by atoms with Gasteiger partial charge in [0.1, 0.15) is 0 Å². The molecule has 0 unspecified atom stereocenters. The number of aromatic nitrogens is 2. The van der Waals surface area contributed by atoms with Gasteiger partial charge in [-0.05, 0) is 49.0 Å². The second-order valence-electron chi connectivity index (χ2n) is 4.21. The highest BCUT2D eigenvalue weighted by Gasteiger charge is 2.08. The van der Waals surface area contributed by atoms with Crippen LogP contribution in [-0.2, 0) is 0 Å². The summed E-state index contributed by atoms with van der Waals surface area (Å²) >= 11 is 11.4. The number of nitrogens with one attached hydrogen (secondary N) is 1. The number of H-pyrrole nitrogens is 1. The SMILES string of the molecule is Cc1ccccc1-n1c(=S)[nH]c2cc(Cl)ccc21. The minimum atomic E-state index is 0.682. The van der Waals surface area contributed by atoms with Crippen molar-refractivity contribution in [1.29, 1.82) is 0 Å². The Morgan fingerprint density at radius 2 is 1.94 bits per heavy atom. The van der Waals surface area contributed by atoms with Crippen LogP contribution in [0.1, 0.15) is 5.56 Å². The smallest absolute Gasteiger partial charge is 0.182 e. The van der Waals surface area contributed by atoms with Gasteiger partial charge in [0.2, 0.25) is 0 Å². The molecule has 0 saturated carbocycles. The van der Waals surface area contributed by atoms with Crippen LogP contribution in [0.2, 0.25) is 5.02 Å². The van der Waals surface area contributed by atoms with Crippen molar-refractivity contribution in [3.63, 3.8) is 0 Å². The van der Waals surface area contributed by atoms with Crippen LogP contribution in [0.4, 0.5) is 0 Å². The molecule has 0 saturated heterocycles. The average Bonchev–Trinajstić information content (AvgIpc) is 2.65. The molecule has 0 amide bonds. The van der Waals surface area contributed by atoms with E-state index in [2.05, 4.69) is 24.0 Å². The van der Waals surface area contributed by atoms with Gasteiger partial charge < -0.3 is 4.98 Å². The molecule has 0 aliphatic carbocycles. The Balaban J connectivity index is 2.40. The predicted octanol–water partition coefficient (Wildman–Crippen LogP) is 4.65. The van der Waals surface area contributed by atoms with Crippen LogP contribution in [0.5, 0.6) is 0 Å². The van der Waals surface area contributed by atoms with Crippen molar-refractivity contribution in [2.24, 2.45) is 0 Å². The van der Waals surface area contributed by atoms with Gasteiger partial charge >= 0.3 is 0 Å². The standard InChI is InChI=1S/C14H11ClN2S/c1-9-4-2-3-5-12(9)17-13-7-6-10(15)8-11(13)16-14(17)18/h2-8H,1H3,(H,16,18). The monoisotopic (exact) mass is 274 g/mol. The molecule has 90 valence electrons. The molecular formula is C14H11ClN2S. The van der Waals surface area contributed by atoms with Crippen LogP contribution < -0.4 is 0 Å². The first-order chi connectivity index (χ1) is 8.66. The van der Waals surface area contributed by atoms with Crippen LogP contribution in [0, 0.1) is 11.7 Å². The van der Waals surface area contributed by atoms with Gasteiger partial charge in [-0.1, -0.05) is 29.8 Å². The number of aromatic amines is 1. The maximum atomic E-state index is 5.99. The highest BCUT2D eigenvalue weighted by atomic mass is 35.5. The van der Waals surface area contributed by atoms with E-state index in [0.29, 0.717) is 9.79 Å². The summed E-state index contributed by atoms with van der Waals surface area (Å²) < 4.78 is 2.72. The van der Waals surface area contributed by atoms with E-state index < -0.39 is 0 Å². The molecular weight excluding hydrogens is 264 g/mol. The van der Waals surface area contributed by atoms with Gasteiger partial charge in [0.25, 0.3) is 0 Å². The molecule has 1 aromatic heterocycles. The van der Waals surface area contributed by atoms with Crippen molar-refractivity contribution in [2.75, 3.05) is 0 Å². The van der Waals surface area contributed by atoms with E-state index >= 15 is 0 Å². The van der Waals surface area contributed by atoms with Gasteiger partial charge in [-0.15, -0.1) is 0 Å². The summed E-state index contributed by atoms with van der Waals surface area (Å²) in [4.78, 5) is 3.19. The van der Waals surface area contributed by atoms with Crippen LogP contribution in [-0.4, -0.2) is 9.55 Å². The molecule has 0 spiro atoms. The normalized spacial score (nSPS) is 11.0. The summed E-state index contributed by atoms with van der Waals surface area (Å²) in [7, 11) is 0. The van der Waals surface area contributed by atoms with Gasteiger partial charge in [0.05, 0.1) is 16.7 Å². The largest absolute Gasteiger partial charge is 0.330 e. The summed E-state index contributed by atoms with van der Waals surface area (Å²) in [5.41, 5.74) is 4.27. The maximum absolute atomic E-state index is 5.99. The number of aryl methyl sites for hydroxylation is 1. The van der Waals surface area contributed by atoms with E-state index in [1.54, 1.807) is 0 Å². The zero-order valence-corrected chi connectivity index (χ0v) is 11.3. The Morgan fingerprint density at radius 3 is 2.72 bits per heavy atom. The minimum absolute atomic E-state index is 0.682. The first-order valence-electron chi connectivity index (χ1n) is 5.63. The maximum Gasteiger partial charge on any atom is 0.182 e. The van der Waals surface area contributed by atoms with Gasteiger partial charge in [-0.2, -0.15) is 0 Å². The number of benzene rings is 2. The molecule has 1 N–H and O–H groups in total. The van der Waals surface area contributed by atoms with E-state index in [-0.39, 0.29) is 0 Å². The molecule has 2 aromatic carbocycles. The highest BCUT2D eigenvalue weighted by Crippen LogP contribution is 2.24. The minimum Gasteiger partial charge on any atom is -0.330 e. The molecule has 0 fully saturated rings. The van der Waals surface area contributed by atoms with E-state index in [1.165, 1.54) is 5.56 Å². The number of hydrogen-bond acceptors (Lipinski definition) is 1. The Labute approximate surface area is 115 Å². The Hall–Kier alpha value is -1.58. The predicted molar refractivity (Wildman–Crippen MR) is 78.2 cm³/mol. The lowest BCUT2D eigenvalue weighted by Crippen LogP contribution is -1.96. The summed E-state index contributed by atoms with van der Waals surface area (Å²) in [6, 6.07) is 13.9. The lowest BCUT2D eigenvalue weighted by Gasteiger charge is -2.07. The second-order valence-corrected chi connectivity index (χ2v) is 5.04. The quantitative estimate of drug-likeness (QED) is 0.641. The van der Waals surface area contributed by atoms with E-state index in [1.807, 2.05) is 34.9 Å². The Bertz CT molecular complexity index is 786. The van der Waals surface area contributed by atoms with Crippen molar-refractivity contribution >= 4 is 34.9 Å². The number of halogens is 1. The molecule has 0 aliphatic heterocycles. The Morgan fingerprint density at radius 1 is 1.17 bits per heavy atom. The molecule has 0 atom stereocenters.